The minimum Gasteiger partial charge on any atom is -0.857 e. The molecule has 0 saturated carbocycles. The van der Waals surface area contributed by atoms with Crippen molar-refractivity contribution in [1.82, 2.24) is 0 Å². The average Bonchev–Trinajstić information content (AvgIpc) is 3.04. The van der Waals surface area contributed by atoms with Crippen LogP contribution in [0.15, 0.2) is 0 Å². The van der Waals surface area contributed by atoms with Crippen molar-refractivity contribution in [2.45, 2.75) is 219 Å². The van der Waals surface area contributed by atoms with Gasteiger partial charge in [0.2, 0.25) is 15.4 Å². The third-order valence-electron chi connectivity index (χ3n) is 8.43. The van der Waals surface area contributed by atoms with Crippen molar-refractivity contribution in [1.29, 1.82) is 0 Å². The zero-order valence-corrected chi connectivity index (χ0v) is 32.8. The second-order valence-electron chi connectivity index (χ2n) is 12.7. The van der Waals surface area contributed by atoms with E-state index in [4.69, 9.17) is 0 Å². The van der Waals surface area contributed by atoms with E-state index in [1.165, 1.54) is 193 Å². The van der Waals surface area contributed by atoms with Gasteiger partial charge in [0.25, 0.3) is 0 Å². The van der Waals surface area contributed by atoms with Gasteiger partial charge in [0.05, 0.1) is 13.2 Å². The van der Waals surface area contributed by atoms with Crippen molar-refractivity contribution >= 4 is 53.1 Å². The molecule has 0 aromatic carbocycles. The van der Waals surface area contributed by atoms with E-state index in [0.29, 0.717) is 13.2 Å². The standard InChI is InChI=1S/2C18H38BO3.Ca/c2*1-2-3-4-5-6-7-8-9-10-11-12-13-14-15-16-17-18-21-22-19-20;/h2*19H,2-18H2,1H3;/q2*-1;+2. The van der Waals surface area contributed by atoms with Crippen molar-refractivity contribution in [3.05, 3.63) is 0 Å². The fraction of sp³-hybridized carbons (Fsp3) is 1.00. The van der Waals surface area contributed by atoms with Gasteiger partial charge in [-0.3, -0.25) is 9.78 Å². The van der Waals surface area contributed by atoms with E-state index in [2.05, 4.69) is 33.2 Å². The van der Waals surface area contributed by atoms with Crippen LogP contribution in [0.5, 0.6) is 0 Å². The van der Waals surface area contributed by atoms with Crippen molar-refractivity contribution in [3.8, 4) is 0 Å². The molecule has 0 fully saturated rings. The van der Waals surface area contributed by atoms with Gasteiger partial charge in [0, 0.05) is 0 Å². The van der Waals surface area contributed by atoms with Gasteiger partial charge < -0.3 is 19.7 Å². The largest absolute Gasteiger partial charge is 2.00 e. The molecule has 0 aliphatic heterocycles. The summed E-state index contributed by atoms with van der Waals surface area (Å²) in [6.07, 6.45) is 43.6. The first-order chi connectivity index (χ1) is 21.8. The maximum Gasteiger partial charge on any atom is 2.00 e. The predicted octanol–water partition coefficient (Wildman–Crippen LogP) is 9.27. The quantitative estimate of drug-likeness (QED) is 0.0283. The molecular weight excluding hydrogens is 590 g/mol. The van der Waals surface area contributed by atoms with Crippen molar-refractivity contribution in [2.24, 2.45) is 0 Å². The number of hydrogen-bond donors (Lipinski definition) is 0. The van der Waals surface area contributed by atoms with Crippen molar-refractivity contribution in [3.63, 3.8) is 0 Å². The molecule has 9 heteroatoms. The molecule has 0 aliphatic carbocycles. The van der Waals surface area contributed by atoms with E-state index in [0.717, 1.165) is 12.8 Å². The van der Waals surface area contributed by atoms with Crippen molar-refractivity contribution < 1.29 is 29.4 Å². The van der Waals surface area contributed by atoms with Crippen LogP contribution >= 0.6 is 0 Å². The van der Waals surface area contributed by atoms with Gasteiger partial charge >= 0.3 is 37.7 Å². The summed E-state index contributed by atoms with van der Waals surface area (Å²) in [4.78, 5) is 18.0. The molecule has 6 nitrogen and oxygen atoms in total. The molecule has 45 heavy (non-hydrogen) atoms. The molecule has 0 aromatic rings. The summed E-state index contributed by atoms with van der Waals surface area (Å²) < 4.78 is 0. The molecule has 0 heterocycles. The summed E-state index contributed by atoms with van der Waals surface area (Å²) in [6, 6.07) is 0. The summed E-state index contributed by atoms with van der Waals surface area (Å²) in [5.74, 6) is 0. The van der Waals surface area contributed by atoms with Crippen LogP contribution in [-0.2, 0) is 19.4 Å². The Balaban J connectivity index is -0.000000767. The van der Waals surface area contributed by atoms with Gasteiger partial charge in [-0.15, -0.1) is 0 Å². The monoisotopic (exact) mass is 667 g/mol. The van der Waals surface area contributed by atoms with Crippen LogP contribution in [0, 0.1) is 0 Å². The first-order valence-corrected chi connectivity index (χ1v) is 19.5. The van der Waals surface area contributed by atoms with Crippen LogP contribution in [0.1, 0.15) is 219 Å². The van der Waals surface area contributed by atoms with Gasteiger partial charge in [0.15, 0.2) is 0 Å². The van der Waals surface area contributed by atoms with Gasteiger partial charge in [-0.1, -0.05) is 206 Å². The zero-order chi connectivity index (χ0) is 32.3. The topological polar surface area (TPSA) is 83.0 Å². The fourth-order valence-electron chi connectivity index (χ4n) is 5.60. The Kier molecular flexibility index (Phi) is 58.4. The van der Waals surface area contributed by atoms with E-state index in [9.17, 15) is 10.0 Å². The average molecular weight is 667 g/mol. The number of unbranched alkanes of at least 4 members (excludes halogenated alkanes) is 30. The van der Waals surface area contributed by atoms with Crippen LogP contribution in [0.2, 0.25) is 0 Å². The van der Waals surface area contributed by atoms with E-state index < -0.39 is 15.4 Å². The van der Waals surface area contributed by atoms with E-state index >= 15 is 0 Å². The maximum absolute atomic E-state index is 9.95. The predicted molar refractivity (Wildman–Crippen MR) is 193 cm³/mol. The molecule has 264 valence electrons. The zero-order valence-electron chi connectivity index (χ0n) is 30.6. The third-order valence-corrected chi connectivity index (χ3v) is 8.43. The first kappa shape index (κ1) is 50.5. The molecule has 0 bridgehead atoms. The maximum atomic E-state index is 9.95. The fourth-order valence-corrected chi connectivity index (χ4v) is 5.60. The van der Waals surface area contributed by atoms with Gasteiger partial charge in [-0.25, -0.2) is 0 Å². The Labute approximate surface area is 313 Å². The van der Waals surface area contributed by atoms with Gasteiger partial charge in [0.1, 0.15) is 0 Å². The van der Waals surface area contributed by atoms with E-state index in [1.807, 2.05) is 0 Å². The second-order valence-corrected chi connectivity index (χ2v) is 12.7. The van der Waals surface area contributed by atoms with Gasteiger partial charge in [-0.2, -0.15) is 0 Å². The van der Waals surface area contributed by atoms with Crippen LogP contribution in [-0.4, -0.2) is 66.3 Å². The minimum absolute atomic E-state index is 0. The van der Waals surface area contributed by atoms with Crippen LogP contribution < -0.4 is 10.0 Å². The SMILES string of the molecule is CCCCCCCCCCCCCCCCCCOOB[O-].CCCCCCCCCCCCCCCCCCOOB[O-].[Ca+2]. The molecule has 0 spiro atoms. The summed E-state index contributed by atoms with van der Waals surface area (Å²) in [7, 11) is -1.20. The summed E-state index contributed by atoms with van der Waals surface area (Å²) in [5.41, 5.74) is 0. The minimum atomic E-state index is -0.598. The van der Waals surface area contributed by atoms with E-state index in [1.54, 1.807) is 0 Å². The molecule has 0 N–H and O–H groups in total. The normalized spacial score (nSPS) is 10.8. The molecule has 0 amide bonds. The van der Waals surface area contributed by atoms with E-state index in [-0.39, 0.29) is 37.7 Å². The van der Waals surface area contributed by atoms with Crippen LogP contribution in [0.25, 0.3) is 0 Å². The second kappa shape index (κ2) is 52.0. The Bertz CT molecular complexity index is 389. The van der Waals surface area contributed by atoms with Gasteiger partial charge in [-0.05, 0) is 12.8 Å². The van der Waals surface area contributed by atoms with Crippen molar-refractivity contribution in [2.75, 3.05) is 13.2 Å². The summed E-state index contributed by atoms with van der Waals surface area (Å²) in [5, 5.41) is 19.9. The summed E-state index contributed by atoms with van der Waals surface area (Å²) >= 11 is 0. The molecule has 0 saturated heterocycles. The molecule has 0 atom stereocenters. The number of rotatable bonds is 38. The molecule has 0 aromatic heterocycles. The Morgan fingerprint density at radius 1 is 0.311 bits per heavy atom. The summed E-state index contributed by atoms with van der Waals surface area (Å²) in [6.45, 7) is 5.67. The third kappa shape index (κ3) is 54.8. The Morgan fingerprint density at radius 3 is 0.667 bits per heavy atom. The number of hydrogen-bond acceptors (Lipinski definition) is 6. The molecule has 0 aliphatic rings. The Hall–Kier alpha value is 1.15. The molecule has 0 unspecified atom stereocenters. The first-order valence-electron chi connectivity index (χ1n) is 19.5. The Morgan fingerprint density at radius 2 is 0.489 bits per heavy atom. The van der Waals surface area contributed by atoms with Crippen LogP contribution in [0.3, 0.4) is 0 Å². The van der Waals surface area contributed by atoms with Crippen LogP contribution in [0.4, 0.5) is 0 Å². The molecular formula is C36H76B2CaO6. The molecule has 0 rings (SSSR count). The smallest absolute Gasteiger partial charge is 0.857 e. The molecule has 0 radical (unpaired) electrons.